The van der Waals surface area contributed by atoms with Gasteiger partial charge in [-0.3, -0.25) is 4.98 Å². The van der Waals surface area contributed by atoms with Crippen molar-refractivity contribution in [3.8, 4) is 0 Å². The minimum absolute atomic E-state index is 0.747. The molecule has 17 heavy (non-hydrogen) atoms. The average molecular weight is 255 g/mol. The molecule has 1 aromatic heterocycles. The van der Waals surface area contributed by atoms with E-state index in [2.05, 4.69) is 16.8 Å². The van der Waals surface area contributed by atoms with Crippen LogP contribution in [0.1, 0.15) is 37.9 Å². The lowest BCUT2D eigenvalue weighted by Gasteiger charge is -2.14. The molecule has 0 aromatic carbocycles. The second-order valence-electron chi connectivity index (χ2n) is 4.20. The van der Waals surface area contributed by atoms with Crippen molar-refractivity contribution in [2.45, 2.75) is 40.0 Å². The molecule has 2 rings (SSSR count). The van der Waals surface area contributed by atoms with Crippen molar-refractivity contribution in [1.82, 2.24) is 9.88 Å². The molecule has 0 aliphatic carbocycles. The number of hydrogen-bond donors (Lipinski definition) is 0. The second-order valence-corrected chi connectivity index (χ2v) is 4.63. The summed E-state index contributed by atoms with van der Waals surface area (Å²) in [6.45, 7) is 9.71. The van der Waals surface area contributed by atoms with Crippen LogP contribution in [0.4, 0.5) is 0 Å². The summed E-state index contributed by atoms with van der Waals surface area (Å²) in [4.78, 5) is 6.79. The van der Waals surface area contributed by atoms with Crippen LogP contribution in [0.15, 0.2) is 12.3 Å². The molecule has 0 unspecified atom stereocenters. The van der Waals surface area contributed by atoms with E-state index in [0.717, 1.165) is 23.7 Å². The fraction of sp³-hybridized carbons (Fsp3) is 0.643. The lowest BCUT2D eigenvalue weighted by atomic mass is 10.1. The lowest BCUT2D eigenvalue weighted by Crippen LogP contribution is -2.22. The van der Waals surface area contributed by atoms with Gasteiger partial charge in [0, 0.05) is 18.4 Å². The van der Waals surface area contributed by atoms with Gasteiger partial charge in [-0.2, -0.15) is 0 Å². The van der Waals surface area contributed by atoms with E-state index >= 15 is 0 Å². The Kier molecular flexibility index (Phi) is 6.53. The molecule has 3 heteroatoms. The van der Waals surface area contributed by atoms with Gasteiger partial charge in [-0.1, -0.05) is 25.4 Å². The van der Waals surface area contributed by atoms with Crippen LogP contribution in [-0.2, 0) is 6.42 Å². The van der Waals surface area contributed by atoms with Crippen molar-refractivity contribution >= 4 is 11.6 Å². The van der Waals surface area contributed by atoms with E-state index in [1.165, 1.54) is 31.5 Å². The van der Waals surface area contributed by atoms with Gasteiger partial charge in [0.1, 0.15) is 0 Å². The Morgan fingerprint density at radius 1 is 1.29 bits per heavy atom. The predicted molar refractivity (Wildman–Crippen MR) is 74.7 cm³/mol. The maximum Gasteiger partial charge on any atom is 0.0592 e. The van der Waals surface area contributed by atoms with Crippen LogP contribution >= 0.6 is 11.6 Å². The zero-order valence-corrected chi connectivity index (χ0v) is 11.9. The summed E-state index contributed by atoms with van der Waals surface area (Å²) in [5.74, 6) is 0. The number of aryl methyl sites for hydroxylation is 1. The Labute approximate surface area is 110 Å². The third-order valence-corrected chi connectivity index (χ3v) is 3.26. The molecule has 1 aliphatic rings. The largest absolute Gasteiger partial charge is 0.303 e. The van der Waals surface area contributed by atoms with Gasteiger partial charge in [-0.25, -0.2) is 0 Å². The number of aromatic nitrogens is 1. The van der Waals surface area contributed by atoms with Crippen LogP contribution < -0.4 is 0 Å². The van der Waals surface area contributed by atoms with Crippen molar-refractivity contribution < 1.29 is 0 Å². The molecule has 0 saturated carbocycles. The Bertz CT molecular complexity index is 333. The Morgan fingerprint density at radius 3 is 2.59 bits per heavy atom. The highest BCUT2D eigenvalue weighted by Crippen LogP contribution is 2.15. The molecule has 1 aromatic rings. The summed E-state index contributed by atoms with van der Waals surface area (Å²) in [5.41, 5.74) is 2.40. The van der Waals surface area contributed by atoms with E-state index in [-0.39, 0.29) is 0 Å². The van der Waals surface area contributed by atoms with E-state index in [1.807, 2.05) is 19.9 Å². The van der Waals surface area contributed by atoms with E-state index < -0.39 is 0 Å². The zero-order chi connectivity index (χ0) is 12.7. The smallest absolute Gasteiger partial charge is 0.0592 e. The molecule has 2 heterocycles. The number of halogens is 1. The standard InChI is InChI=1S/C12H17ClN2.C2H6/c1-10-11(8-12(13)9-14-10)4-7-15-5-2-3-6-15;1-2/h8-9H,2-7H2,1H3;1-2H3. The normalized spacial score (nSPS) is 15.5. The van der Waals surface area contributed by atoms with E-state index in [0.29, 0.717) is 0 Å². The van der Waals surface area contributed by atoms with Crippen LogP contribution in [0.5, 0.6) is 0 Å². The molecule has 0 radical (unpaired) electrons. The molecule has 2 nitrogen and oxygen atoms in total. The van der Waals surface area contributed by atoms with Gasteiger partial charge in [-0.05, 0) is 50.9 Å². The molecule has 0 atom stereocenters. The van der Waals surface area contributed by atoms with Crippen molar-refractivity contribution in [2.75, 3.05) is 19.6 Å². The maximum absolute atomic E-state index is 5.94. The third-order valence-electron chi connectivity index (χ3n) is 3.05. The molecule has 0 bridgehead atoms. The molecule has 1 aliphatic heterocycles. The van der Waals surface area contributed by atoms with Crippen molar-refractivity contribution in [3.05, 3.63) is 28.5 Å². The number of likely N-dealkylation sites (tertiary alicyclic amines) is 1. The molecule has 0 amide bonds. The van der Waals surface area contributed by atoms with Crippen LogP contribution in [0.3, 0.4) is 0 Å². The van der Waals surface area contributed by atoms with Crippen LogP contribution in [0, 0.1) is 6.92 Å². The lowest BCUT2D eigenvalue weighted by molar-refractivity contribution is 0.343. The first-order valence-electron chi connectivity index (χ1n) is 6.59. The minimum Gasteiger partial charge on any atom is -0.303 e. The number of pyridine rings is 1. The highest BCUT2D eigenvalue weighted by atomic mass is 35.5. The summed E-state index contributed by atoms with van der Waals surface area (Å²) in [6.07, 6.45) is 5.50. The molecular formula is C14H23ClN2. The molecule has 1 fully saturated rings. The first kappa shape index (κ1) is 14.5. The first-order valence-corrected chi connectivity index (χ1v) is 6.97. The van der Waals surface area contributed by atoms with E-state index in [4.69, 9.17) is 11.6 Å². The predicted octanol–water partition coefficient (Wildman–Crippen LogP) is 3.71. The van der Waals surface area contributed by atoms with Crippen LogP contribution in [0.25, 0.3) is 0 Å². The topological polar surface area (TPSA) is 16.1 Å². The SMILES string of the molecule is CC.Cc1ncc(Cl)cc1CCN1CCCC1. The van der Waals surface area contributed by atoms with Crippen molar-refractivity contribution in [3.63, 3.8) is 0 Å². The fourth-order valence-electron chi connectivity index (χ4n) is 2.09. The van der Waals surface area contributed by atoms with Gasteiger partial charge in [0.05, 0.1) is 5.02 Å². The molecule has 1 saturated heterocycles. The van der Waals surface area contributed by atoms with Crippen molar-refractivity contribution in [1.29, 1.82) is 0 Å². The number of hydrogen-bond acceptors (Lipinski definition) is 2. The van der Waals surface area contributed by atoms with Gasteiger partial charge < -0.3 is 4.90 Å². The summed E-state index contributed by atoms with van der Waals surface area (Å²) in [7, 11) is 0. The van der Waals surface area contributed by atoms with Crippen LogP contribution in [0.2, 0.25) is 5.02 Å². The van der Waals surface area contributed by atoms with Gasteiger partial charge in [0.2, 0.25) is 0 Å². The van der Waals surface area contributed by atoms with Crippen LogP contribution in [-0.4, -0.2) is 29.5 Å². The summed E-state index contributed by atoms with van der Waals surface area (Å²) < 4.78 is 0. The summed E-state index contributed by atoms with van der Waals surface area (Å²) in [6, 6.07) is 2.04. The Morgan fingerprint density at radius 2 is 1.94 bits per heavy atom. The number of rotatable bonds is 3. The van der Waals surface area contributed by atoms with Gasteiger partial charge in [0.15, 0.2) is 0 Å². The highest BCUT2D eigenvalue weighted by molar-refractivity contribution is 6.30. The Balaban J connectivity index is 0.000000686. The molecule has 0 spiro atoms. The quantitative estimate of drug-likeness (QED) is 0.818. The van der Waals surface area contributed by atoms with Gasteiger partial charge >= 0.3 is 0 Å². The minimum atomic E-state index is 0.747. The Hall–Kier alpha value is -0.600. The highest BCUT2D eigenvalue weighted by Gasteiger charge is 2.11. The summed E-state index contributed by atoms with van der Waals surface area (Å²) >= 11 is 5.94. The molecule has 96 valence electrons. The third kappa shape index (κ3) is 4.64. The monoisotopic (exact) mass is 254 g/mol. The molecular weight excluding hydrogens is 232 g/mol. The van der Waals surface area contributed by atoms with Gasteiger partial charge in [-0.15, -0.1) is 0 Å². The molecule has 0 N–H and O–H groups in total. The first-order chi connectivity index (χ1) is 8.25. The van der Waals surface area contributed by atoms with Crippen molar-refractivity contribution in [2.24, 2.45) is 0 Å². The average Bonchev–Trinajstić information content (AvgIpc) is 2.86. The maximum atomic E-state index is 5.94. The zero-order valence-electron chi connectivity index (χ0n) is 11.2. The second kappa shape index (κ2) is 7.67. The van der Waals surface area contributed by atoms with Gasteiger partial charge in [0.25, 0.3) is 0 Å². The fourth-order valence-corrected chi connectivity index (χ4v) is 2.27. The summed E-state index contributed by atoms with van der Waals surface area (Å²) in [5, 5.41) is 0.747. The van der Waals surface area contributed by atoms with E-state index in [9.17, 15) is 0 Å². The van der Waals surface area contributed by atoms with E-state index in [1.54, 1.807) is 6.20 Å². The number of nitrogens with zero attached hydrogens (tertiary/aromatic N) is 2.